The predicted octanol–water partition coefficient (Wildman–Crippen LogP) is -0.0129. The largest absolute Gasteiger partial charge is 0.294 e. The van der Waals surface area contributed by atoms with Crippen molar-refractivity contribution in [3.63, 3.8) is 0 Å². The summed E-state index contributed by atoms with van der Waals surface area (Å²) in [6.07, 6.45) is 0. The summed E-state index contributed by atoms with van der Waals surface area (Å²) in [5.74, 6) is -1.28. The number of nitrogens with zero attached hydrogens (tertiary/aromatic N) is 1. The van der Waals surface area contributed by atoms with Crippen LogP contribution >= 0.6 is 11.6 Å². The van der Waals surface area contributed by atoms with Crippen molar-refractivity contribution in [2.45, 2.75) is 4.90 Å². The van der Waals surface area contributed by atoms with Gasteiger partial charge in [-0.3, -0.25) is 14.9 Å². The Morgan fingerprint density at radius 2 is 1.78 bits per heavy atom. The highest BCUT2D eigenvalue weighted by molar-refractivity contribution is 7.89. The van der Waals surface area contributed by atoms with Gasteiger partial charge in [0.2, 0.25) is 21.8 Å². The van der Waals surface area contributed by atoms with E-state index in [-0.39, 0.29) is 23.0 Å². The molecule has 0 bridgehead atoms. The zero-order valence-corrected chi connectivity index (χ0v) is 10.7. The monoisotopic (exact) mass is 288 g/mol. The van der Waals surface area contributed by atoms with Crippen LogP contribution in [0.25, 0.3) is 0 Å². The van der Waals surface area contributed by atoms with Crippen LogP contribution in [0, 0.1) is 0 Å². The van der Waals surface area contributed by atoms with Crippen LogP contribution in [0.4, 0.5) is 0 Å². The predicted molar refractivity (Wildman–Crippen MR) is 63.4 cm³/mol. The Bertz CT molecular complexity index is 598. The van der Waals surface area contributed by atoms with E-state index in [0.29, 0.717) is 0 Å². The maximum absolute atomic E-state index is 12.2. The van der Waals surface area contributed by atoms with Crippen LogP contribution < -0.4 is 5.32 Å². The van der Waals surface area contributed by atoms with Gasteiger partial charge in [-0.15, -0.1) is 0 Å². The second kappa shape index (κ2) is 4.68. The normalized spacial score (nSPS) is 17.6. The molecule has 1 fully saturated rings. The molecule has 6 nitrogen and oxygen atoms in total. The van der Waals surface area contributed by atoms with Gasteiger partial charge in [-0.05, 0) is 18.2 Å². The number of nitrogens with one attached hydrogen (secondary N) is 1. The first-order valence-electron chi connectivity index (χ1n) is 4.98. The SMILES string of the molecule is O=C1CN(S(=O)(=O)c2cccc(Cl)c2)CC(=O)N1. The molecule has 1 aliphatic rings. The summed E-state index contributed by atoms with van der Waals surface area (Å²) in [5, 5.41) is 2.30. The van der Waals surface area contributed by atoms with Gasteiger partial charge in [0, 0.05) is 5.02 Å². The molecule has 0 aliphatic carbocycles. The number of halogens is 1. The molecule has 96 valence electrons. The molecule has 1 aliphatic heterocycles. The number of benzene rings is 1. The molecule has 0 spiro atoms. The van der Waals surface area contributed by atoms with Crippen molar-refractivity contribution in [2.24, 2.45) is 0 Å². The summed E-state index contributed by atoms with van der Waals surface area (Å²) in [7, 11) is -3.88. The number of carbonyl (C=O) groups excluding carboxylic acids is 2. The van der Waals surface area contributed by atoms with Gasteiger partial charge in [0.25, 0.3) is 0 Å². The van der Waals surface area contributed by atoms with Gasteiger partial charge in [0.1, 0.15) is 0 Å². The standard InChI is InChI=1S/C10H9ClN2O4S/c11-7-2-1-3-8(4-7)18(16,17)13-5-9(14)12-10(15)6-13/h1-4H,5-6H2,(H,12,14,15). The topological polar surface area (TPSA) is 83.6 Å². The molecule has 0 saturated carbocycles. The summed E-state index contributed by atoms with van der Waals surface area (Å²) in [5.41, 5.74) is 0. The second-order valence-corrected chi connectivity index (χ2v) is 6.08. The second-order valence-electron chi connectivity index (χ2n) is 3.70. The van der Waals surface area contributed by atoms with Gasteiger partial charge in [-0.25, -0.2) is 8.42 Å². The first kappa shape index (κ1) is 13.0. The lowest BCUT2D eigenvalue weighted by molar-refractivity contribution is -0.134. The lowest BCUT2D eigenvalue weighted by Crippen LogP contribution is -2.53. The summed E-state index contributed by atoms with van der Waals surface area (Å²) in [6.45, 7) is -0.749. The molecule has 1 heterocycles. The first-order chi connectivity index (χ1) is 8.39. The van der Waals surface area contributed by atoms with Crippen LogP contribution in [0.3, 0.4) is 0 Å². The third-order valence-electron chi connectivity index (χ3n) is 2.35. The molecule has 1 aromatic rings. The van der Waals surface area contributed by atoms with Crippen molar-refractivity contribution in [1.82, 2.24) is 9.62 Å². The Hall–Kier alpha value is -1.44. The minimum atomic E-state index is -3.88. The lowest BCUT2D eigenvalue weighted by Gasteiger charge is -2.24. The molecular formula is C10H9ClN2O4S. The number of rotatable bonds is 2. The summed E-state index contributed by atoms with van der Waals surface area (Å²) < 4.78 is 25.2. The maximum atomic E-state index is 12.2. The Morgan fingerprint density at radius 1 is 1.17 bits per heavy atom. The molecule has 0 radical (unpaired) electrons. The average molecular weight is 289 g/mol. The van der Waals surface area contributed by atoms with Crippen LogP contribution in [0.5, 0.6) is 0 Å². The van der Waals surface area contributed by atoms with Gasteiger partial charge in [-0.2, -0.15) is 4.31 Å². The van der Waals surface area contributed by atoms with E-state index in [9.17, 15) is 18.0 Å². The third-order valence-corrected chi connectivity index (χ3v) is 4.38. The van der Waals surface area contributed by atoms with Gasteiger partial charge >= 0.3 is 0 Å². The smallest absolute Gasteiger partial charge is 0.244 e. The number of carbonyl (C=O) groups is 2. The number of amides is 2. The number of imide groups is 1. The van der Waals surface area contributed by atoms with Crippen LogP contribution in [-0.4, -0.2) is 37.6 Å². The van der Waals surface area contributed by atoms with E-state index in [1.54, 1.807) is 0 Å². The molecule has 0 atom stereocenters. The van der Waals surface area contributed by atoms with E-state index < -0.39 is 21.8 Å². The molecule has 1 saturated heterocycles. The van der Waals surface area contributed by atoms with E-state index in [2.05, 4.69) is 0 Å². The van der Waals surface area contributed by atoms with Crippen molar-refractivity contribution in [2.75, 3.05) is 13.1 Å². The average Bonchev–Trinajstić information content (AvgIpc) is 2.27. The van der Waals surface area contributed by atoms with Crippen molar-refractivity contribution >= 4 is 33.4 Å². The molecule has 0 unspecified atom stereocenters. The molecule has 0 aromatic heterocycles. The highest BCUT2D eigenvalue weighted by Crippen LogP contribution is 2.20. The zero-order valence-electron chi connectivity index (χ0n) is 9.09. The van der Waals surface area contributed by atoms with Gasteiger partial charge < -0.3 is 0 Å². The molecule has 1 aromatic carbocycles. The fourth-order valence-electron chi connectivity index (χ4n) is 1.56. The number of hydrogen-bond acceptors (Lipinski definition) is 4. The molecule has 2 rings (SSSR count). The van der Waals surface area contributed by atoms with Crippen molar-refractivity contribution in [3.8, 4) is 0 Å². The Balaban J connectivity index is 2.37. The van der Waals surface area contributed by atoms with Crippen molar-refractivity contribution < 1.29 is 18.0 Å². The molecular weight excluding hydrogens is 280 g/mol. The summed E-state index contributed by atoms with van der Waals surface area (Å²) >= 11 is 5.72. The zero-order chi connectivity index (χ0) is 13.3. The van der Waals surface area contributed by atoms with Gasteiger partial charge in [0.15, 0.2) is 0 Å². The fraction of sp³-hybridized carbons (Fsp3) is 0.200. The highest BCUT2D eigenvalue weighted by Gasteiger charge is 2.32. The van der Waals surface area contributed by atoms with E-state index >= 15 is 0 Å². The van der Waals surface area contributed by atoms with Gasteiger partial charge in [0.05, 0.1) is 18.0 Å². The molecule has 8 heteroatoms. The molecule has 1 N–H and O–H groups in total. The van der Waals surface area contributed by atoms with Crippen LogP contribution in [-0.2, 0) is 19.6 Å². The Morgan fingerprint density at radius 3 is 2.33 bits per heavy atom. The van der Waals surface area contributed by atoms with Crippen LogP contribution in [0.1, 0.15) is 0 Å². The Labute approximate surface area is 109 Å². The summed E-state index contributed by atoms with van der Waals surface area (Å²) in [4.78, 5) is 22.3. The van der Waals surface area contributed by atoms with Crippen LogP contribution in [0.2, 0.25) is 5.02 Å². The maximum Gasteiger partial charge on any atom is 0.244 e. The van der Waals surface area contributed by atoms with E-state index in [4.69, 9.17) is 11.6 Å². The fourth-order valence-corrected chi connectivity index (χ4v) is 3.21. The summed E-state index contributed by atoms with van der Waals surface area (Å²) in [6, 6.07) is 5.65. The number of sulfonamides is 1. The first-order valence-corrected chi connectivity index (χ1v) is 6.80. The number of piperazine rings is 1. The lowest BCUT2D eigenvalue weighted by atomic mass is 10.4. The number of hydrogen-bond donors (Lipinski definition) is 1. The minimum Gasteiger partial charge on any atom is -0.294 e. The minimum absolute atomic E-state index is 0.0440. The van der Waals surface area contributed by atoms with Crippen molar-refractivity contribution in [3.05, 3.63) is 29.3 Å². The van der Waals surface area contributed by atoms with E-state index in [1.807, 2.05) is 5.32 Å². The third kappa shape index (κ3) is 2.53. The Kier molecular flexibility index (Phi) is 3.38. The quantitative estimate of drug-likeness (QED) is 0.776. The van der Waals surface area contributed by atoms with E-state index in [0.717, 1.165) is 4.31 Å². The highest BCUT2D eigenvalue weighted by atomic mass is 35.5. The van der Waals surface area contributed by atoms with E-state index in [1.165, 1.54) is 24.3 Å². The van der Waals surface area contributed by atoms with Crippen LogP contribution in [0.15, 0.2) is 29.2 Å². The molecule has 18 heavy (non-hydrogen) atoms. The molecule has 2 amide bonds. The van der Waals surface area contributed by atoms with Gasteiger partial charge in [-0.1, -0.05) is 17.7 Å². The van der Waals surface area contributed by atoms with Crippen molar-refractivity contribution in [1.29, 1.82) is 0 Å².